The van der Waals surface area contributed by atoms with Gasteiger partial charge in [0.1, 0.15) is 5.82 Å². The summed E-state index contributed by atoms with van der Waals surface area (Å²) in [7, 11) is 0. The number of anilines is 1. The quantitative estimate of drug-likeness (QED) is 0.642. The highest BCUT2D eigenvalue weighted by molar-refractivity contribution is 7.10. The van der Waals surface area contributed by atoms with Gasteiger partial charge in [-0.05, 0) is 36.4 Å². The number of aromatic nitrogens is 2. The van der Waals surface area contributed by atoms with Crippen LogP contribution in [-0.4, -0.2) is 15.3 Å². The molecule has 122 valence electrons. The molecule has 0 unspecified atom stereocenters. The summed E-state index contributed by atoms with van der Waals surface area (Å²) < 4.78 is 30.9. The number of hydrogen-bond acceptors (Lipinski definition) is 4. The Bertz CT molecular complexity index is 916. The van der Waals surface area contributed by atoms with Gasteiger partial charge in [-0.3, -0.25) is 10.1 Å². The number of carbonyl (C=O) groups excluding carboxylic acids is 1. The van der Waals surface area contributed by atoms with Gasteiger partial charge in [0.05, 0.1) is 10.6 Å². The minimum Gasteiger partial charge on any atom is -0.296 e. The lowest BCUT2D eigenvalue weighted by molar-refractivity contribution is 0.102. The van der Waals surface area contributed by atoms with E-state index in [9.17, 15) is 13.6 Å². The Labute approximate surface area is 149 Å². The van der Waals surface area contributed by atoms with Crippen molar-refractivity contribution in [1.82, 2.24) is 9.36 Å². The lowest BCUT2D eigenvalue weighted by Crippen LogP contribution is -2.14. The molecule has 3 aromatic rings. The molecule has 0 aliphatic heterocycles. The van der Waals surface area contributed by atoms with Crippen LogP contribution in [0, 0.1) is 11.6 Å². The van der Waals surface area contributed by atoms with Gasteiger partial charge in [-0.15, -0.1) is 0 Å². The van der Waals surface area contributed by atoms with Crippen LogP contribution in [0.2, 0.25) is 10.0 Å². The van der Waals surface area contributed by atoms with Crippen molar-refractivity contribution in [3.63, 3.8) is 0 Å². The molecule has 3 rings (SSSR count). The van der Waals surface area contributed by atoms with Crippen molar-refractivity contribution in [2.75, 3.05) is 5.32 Å². The average Bonchev–Trinajstić information content (AvgIpc) is 3.00. The molecule has 0 saturated carbocycles. The van der Waals surface area contributed by atoms with E-state index in [-0.39, 0.29) is 26.6 Å². The van der Waals surface area contributed by atoms with Gasteiger partial charge in [-0.25, -0.2) is 8.78 Å². The zero-order chi connectivity index (χ0) is 17.3. The van der Waals surface area contributed by atoms with Crippen LogP contribution in [0.5, 0.6) is 0 Å². The average molecular weight is 386 g/mol. The Balaban J connectivity index is 1.82. The number of rotatable bonds is 3. The second kappa shape index (κ2) is 6.80. The van der Waals surface area contributed by atoms with Crippen LogP contribution in [0.15, 0.2) is 36.4 Å². The van der Waals surface area contributed by atoms with Gasteiger partial charge in [-0.2, -0.15) is 9.36 Å². The zero-order valence-electron chi connectivity index (χ0n) is 11.7. The fourth-order valence-corrected chi connectivity index (χ4v) is 2.95. The highest BCUT2D eigenvalue weighted by atomic mass is 35.5. The van der Waals surface area contributed by atoms with Gasteiger partial charge in [-0.1, -0.05) is 23.2 Å². The smallest absolute Gasteiger partial charge is 0.260 e. The molecule has 1 aromatic heterocycles. The first-order valence-electron chi connectivity index (χ1n) is 6.49. The van der Waals surface area contributed by atoms with Gasteiger partial charge in [0.15, 0.2) is 11.6 Å². The third-order valence-corrected chi connectivity index (χ3v) is 4.11. The summed E-state index contributed by atoms with van der Waals surface area (Å²) in [4.78, 5) is 16.3. The molecule has 1 N–H and O–H groups in total. The van der Waals surface area contributed by atoms with Crippen molar-refractivity contribution < 1.29 is 13.6 Å². The van der Waals surface area contributed by atoms with Crippen molar-refractivity contribution in [3.8, 4) is 11.4 Å². The largest absolute Gasteiger partial charge is 0.296 e. The van der Waals surface area contributed by atoms with E-state index in [0.29, 0.717) is 11.4 Å². The summed E-state index contributed by atoms with van der Waals surface area (Å²) in [5.41, 5.74) is 0.288. The molecule has 0 aliphatic rings. The molecule has 1 amide bonds. The molecule has 0 atom stereocenters. The first kappa shape index (κ1) is 16.8. The van der Waals surface area contributed by atoms with Crippen molar-refractivity contribution in [2.24, 2.45) is 0 Å². The number of benzene rings is 2. The van der Waals surface area contributed by atoms with E-state index in [0.717, 1.165) is 11.5 Å². The van der Waals surface area contributed by atoms with Gasteiger partial charge >= 0.3 is 0 Å². The fraction of sp³-hybridized carbons (Fsp3) is 0. The predicted molar refractivity (Wildman–Crippen MR) is 89.7 cm³/mol. The summed E-state index contributed by atoms with van der Waals surface area (Å²) in [5, 5.41) is 2.47. The SMILES string of the molecule is O=C(Nc1nc(-c2ccc(F)cc2)ns1)c1cc(Cl)cc(Cl)c1F. The highest BCUT2D eigenvalue weighted by Gasteiger charge is 2.18. The Kier molecular flexibility index (Phi) is 4.75. The first-order valence-corrected chi connectivity index (χ1v) is 8.02. The number of nitrogens with zero attached hydrogens (tertiary/aromatic N) is 2. The molecule has 0 radical (unpaired) electrons. The minimum atomic E-state index is -0.873. The molecule has 24 heavy (non-hydrogen) atoms. The van der Waals surface area contributed by atoms with Gasteiger partial charge in [0, 0.05) is 22.1 Å². The fourth-order valence-electron chi connectivity index (χ4n) is 1.88. The number of carbonyl (C=O) groups is 1. The van der Waals surface area contributed by atoms with Gasteiger partial charge < -0.3 is 0 Å². The van der Waals surface area contributed by atoms with E-state index >= 15 is 0 Å². The molecule has 2 aromatic carbocycles. The molecule has 9 heteroatoms. The number of halogens is 4. The molecule has 0 aliphatic carbocycles. The van der Waals surface area contributed by atoms with Crippen molar-refractivity contribution >= 4 is 45.8 Å². The third kappa shape index (κ3) is 3.53. The van der Waals surface area contributed by atoms with E-state index < -0.39 is 11.7 Å². The van der Waals surface area contributed by atoms with E-state index in [1.54, 1.807) is 0 Å². The molecule has 0 bridgehead atoms. The Morgan fingerprint density at radius 1 is 1.12 bits per heavy atom. The van der Waals surface area contributed by atoms with Crippen LogP contribution in [-0.2, 0) is 0 Å². The molecule has 0 saturated heterocycles. The molecule has 0 fully saturated rings. The highest BCUT2D eigenvalue weighted by Crippen LogP contribution is 2.26. The Morgan fingerprint density at radius 2 is 1.83 bits per heavy atom. The van der Waals surface area contributed by atoms with Crippen molar-refractivity contribution in [3.05, 3.63) is 63.6 Å². The molecule has 1 heterocycles. The van der Waals surface area contributed by atoms with Crippen LogP contribution < -0.4 is 5.32 Å². The standard InChI is InChI=1S/C15H7Cl2F2N3OS/c16-8-5-10(12(19)11(17)6-8)14(23)21-15-20-13(22-24-15)7-1-3-9(18)4-2-7/h1-6H,(H,20,21,22,23). The topological polar surface area (TPSA) is 54.9 Å². The summed E-state index contributed by atoms with van der Waals surface area (Å²) in [5.74, 6) is -1.68. The van der Waals surface area contributed by atoms with Gasteiger partial charge in [0.2, 0.25) is 5.13 Å². The maximum Gasteiger partial charge on any atom is 0.260 e. The normalized spacial score (nSPS) is 10.7. The van der Waals surface area contributed by atoms with E-state index in [4.69, 9.17) is 23.2 Å². The number of nitrogens with one attached hydrogen (secondary N) is 1. The summed E-state index contributed by atoms with van der Waals surface area (Å²) >= 11 is 12.4. The third-order valence-electron chi connectivity index (χ3n) is 2.99. The van der Waals surface area contributed by atoms with Crippen molar-refractivity contribution in [2.45, 2.75) is 0 Å². The van der Waals surface area contributed by atoms with Crippen LogP contribution in [0.4, 0.5) is 13.9 Å². The summed E-state index contributed by atoms with van der Waals surface area (Å²) in [6, 6.07) is 7.95. The first-order chi connectivity index (χ1) is 11.4. The Morgan fingerprint density at radius 3 is 2.54 bits per heavy atom. The lowest BCUT2D eigenvalue weighted by Gasteiger charge is -2.05. The van der Waals surface area contributed by atoms with Crippen LogP contribution in [0.3, 0.4) is 0 Å². The zero-order valence-corrected chi connectivity index (χ0v) is 14.0. The Hall–Kier alpha value is -2.09. The maximum atomic E-state index is 13.9. The second-order valence-corrected chi connectivity index (χ2v) is 6.23. The molecular formula is C15H7Cl2F2N3OS. The van der Waals surface area contributed by atoms with E-state index in [1.807, 2.05) is 0 Å². The molecule has 4 nitrogen and oxygen atoms in total. The second-order valence-electron chi connectivity index (χ2n) is 4.63. The number of amides is 1. The minimum absolute atomic E-state index is 0.135. The predicted octanol–water partition coefficient (Wildman–Crippen LogP) is 5.04. The lowest BCUT2D eigenvalue weighted by atomic mass is 10.2. The number of hydrogen-bond donors (Lipinski definition) is 1. The van der Waals surface area contributed by atoms with Crippen LogP contribution in [0.1, 0.15) is 10.4 Å². The van der Waals surface area contributed by atoms with E-state index in [2.05, 4.69) is 14.7 Å². The van der Waals surface area contributed by atoms with E-state index in [1.165, 1.54) is 36.4 Å². The summed E-state index contributed by atoms with van der Waals surface area (Å²) in [6.45, 7) is 0. The molecule has 0 spiro atoms. The van der Waals surface area contributed by atoms with Gasteiger partial charge in [0.25, 0.3) is 5.91 Å². The van der Waals surface area contributed by atoms with Crippen molar-refractivity contribution in [1.29, 1.82) is 0 Å². The van der Waals surface area contributed by atoms with Crippen LogP contribution >= 0.6 is 34.7 Å². The molecular weight excluding hydrogens is 379 g/mol. The summed E-state index contributed by atoms with van der Waals surface area (Å²) in [6.07, 6.45) is 0. The maximum absolute atomic E-state index is 13.9. The monoisotopic (exact) mass is 385 g/mol. The van der Waals surface area contributed by atoms with Crippen LogP contribution in [0.25, 0.3) is 11.4 Å².